The summed E-state index contributed by atoms with van der Waals surface area (Å²) in [5.41, 5.74) is 25.8. The average Bonchev–Trinajstić information content (AvgIpc) is 1.57. The van der Waals surface area contributed by atoms with Gasteiger partial charge in [-0.15, -0.1) is 11.8 Å². The van der Waals surface area contributed by atoms with Gasteiger partial charge >= 0.3 is 0 Å². The molecule has 15 atom stereocenters. The topological polar surface area (TPSA) is 639 Å². The highest BCUT2D eigenvalue weighted by Gasteiger charge is 2.46. The summed E-state index contributed by atoms with van der Waals surface area (Å²) in [4.78, 5) is 260. The van der Waals surface area contributed by atoms with Crippen LogP contribution in [0.1, 0.15) is 135 Å². The number of aromatic nitrogens is 2. The Kier molecular flexibility index (Phi) is 40.1. The summed E-state index contributed by atoms with van der Waals surface area (Å²) in [5, 5.41) is 60.0. The summed E-state index contributed by atoms with van der Waals surface area (Å²) in [5.74, 6) is -21.3. The first-order valence-electron chi connectivity index (χ1n) is 44.5. The SMILES string of the molecule is CCCC[C@H]1C(=O)N(C)[C@@H](CCCC)C(=O)N[C@@H](CCCNC(=N)N)C(=O)N[C@H](C(=O)NCC(N)=O)CSCC(=O)N[C@@H](Cc2ccc(F)c(F)c2)C(=O)N(C)[C@@H](C)C(=O)N[C@@H](CC(N)=O)C(=O)N2CCC[C@H]2C(=O)N[C@@H](CN)C(=O)N[C@@H](C=C(C)C)C(=O)N2C[C@H](O)C[C@H]2C(=O)N[C@@H](CCc2c[nH]c3ccccc23)C(=O)N[C@@H](CO)C(=O)N[C@@H](Cc2c[nH]c3ccccc23)C(=O)N1C. The maximum atomic E-state index is 15.7. The van der Waals surface area contributed by atoms with Crippen LogP contribution in [0.15, 0.2) is 90.8 Å². The number of unbranched alkanes of at least 4 members (excludes halogenated alkanes) is 2. The number of aromatic amines is 2. The van der Waals surface area contributed by atoms with E-state index in [-0.39, 0.29) is 76.4 Å². The van der Waals surface area contributed by atoms with Gasteiger partial charge < -0.3 is 126 Å². The number of hydrogen-bond acceptors (Lipinski definition) is 22. The summed E-state index contributed by atoms with van der Waals surface area (Å²) >= 11 is 0.683. The summed E-state index contributed by atoms with van der Waals surface area (Å²) in [6.45, 7) is 4.79. The van der Waals surface area contributed by atoms with Gasteiger partial charge in [-0.2, -0.15) is 0 Å². The van der Waals surface area contributed by atoms with Crippen molar-refractivity contribution in [2.45, 2.75) is 228 Å². The molecule has 17 amide bonds. The molecular weight excluding hydrogens is 1770 g/mol. The predicted octanol–water partition coefficient (Wildman–Crippen LogP) is -3.05. The van der Waals surface area contributed by atoms with Gasteiger partial charge in [0.1, 0.15) is 84.6 Å². The number of aliphatic hydroxyl groups is 2. The van der Waals surface area contributed by atoms with Crippen molar-refractivity contribution in [3.05, 3.63) is 119 Å². The average molecular weight is 1890 g/mol. The fraction of sp³-hybridized carbons (Fsp3) is 0.528. The molecule has 730 valence electrons. The number of benzene rings is 3. The van der Waals surface area contributed by atoms with E-state index in [9.17, 15) is 66.9 Å². The standard InChI is InChI=1S/C89H125F2N23O19S/c1-9-11-24-68-81(126)102-59(23-17-31-97-89(95)96)77(122)109-67(76(121)100-42-73(94)118)45-134-46-74(119)101-62(35-49-27-29-55(90)56(91)34-49)84(129)110(6)48(5)75(120)104-64(38-72(93)117)86(131)113-32-18-26-69(113)82(127)107-65(39-92)79(124)105-61(33-47(3)4)87(132)114-43-52(116)37-71(114)83(128)103-60(30-28-50-40-98-57-21-15-13-19-53(50)57)78(123)108-66(44-115)80(125)106-63(36-51-41-99-58-22-16-14-20-54(51)58)85(130)112(8)70(25-12-10-2)88(133)111(68)7/h13-16,19-22,27,29,33-34,40-41,48,52,59-71,98-99,115-116H,9-12,17-18,23-26,28,30-32,35-39,42-46,92H2,1-8H3,(H2,93,117)(H2,94,118)(H,100,121)(H,101,119)(H,102,126)(H,103,128)(H,104,120)(H,105,124)(H,106,125)(H,107,127)(H,108,123)(H,109,122)(H4,95,96,97)/t48-,52+,59-,60-,61-,62-,63-,64-,65-,66-,67-,68-,69-,70-,71-/m0/s1. The number of para-hydroxylation sites is 2. The zero-order chi connectivity index (χ0) is 98.5. The smallest absolute Gasteiger partial charge is 0.249 e. The van der Waals surface area contributed by atoms with Crippen LogP contribution in [0.3, 0.4) is 0 Å². The minimum absolute atomic E-state index is 0.00580. The molecule has 0 radical (unpaired) electrons. The molecule has 42 nitrogen and oxygen atoms in total. The number of amides is 17. The Balaban J connectivity index is 1.19. The number of aliphatic hydroxyl groups excluding tert-OH is 2. The van der Waals surface area contributed by atoms with E-state index in [1.54, 1.807) is 62.6 Å². The van der Waals surface area contributed by atoms with E-state index in [2.05, 4.69) is 68.5 Å². The Morgan fingerprint density at radius 3 is 1.75 bits per heavy atom. The molecule has 24 N–H and O–H groups in total. The van der Waals surface area contributed by atoms with Crippen molar-refractivity contribution in [3.63, 3.8) is 0 Å². The van der Waals surface area contributed by atoms with Crippen LogP contribution in [-0.4, -0.2) is 314 Å². The van der Waals surface area contributed by atoms with E-state index in [4.69, 9.17) is 28.3 Å². The third-order valence-corrected chi connectivity index (χ3v) is 24.7. The van der Waals surface area contributed by atoms with Crippen LogP contribution in [0.4, 0.5) is 8.78 Å². The lowest BCUT2D eigenvalue weighted by Gasteiger charge is -2.36. The third-order valence-electron chi connectivity index (χ3n) is 23.6. The minimum atomic E-state index is -1.89. The first-order chi connectivity index (χ1) is 63.7. The number of carbonyl (C=O) groups is 17. The van der Waals surface area contributed by atoms with Crippen LogP contribution in [0, 0.1) is 17.0 Å². The lowest BCUT2D eigenvalue weighted by molar-refractivity contribution is -0.149. The van der Waals surface area contributed by atoms with E-state index < -0.39 is 266 Å². The van der Waals surface area contributed by atoms with Gasteiger partial charge in [0.05, 0.1) is 31.4 Å². The molecule has 5 heterocycles. The van der Waals surface area contributed by atoms with Crippen LogP contribution >= 0.6 is 11.8 Å². The maximum Gasteiger partial charge on any atom is 0.249 e. The highest BCUT2D eigenvalue weighted by Crippen LogP contribution is 2.28. The number of hydrogen-bond donors (Lipinski definition) is 20. The van der Waals surface area contributed by atoms with Gasteiger partial charge in [-0.1, -0.05) is 93.6 Å². The molecule has 0 spiro atoms. The summed E-state index contributed by atoms with van der Waals surface area (Å²) in [6, 6.07) is -5.85. The van der Waals surface area contributed by atoms with Crippen molar-refractivity contribution in [2.75, 3.05) is 72.0 Å². The molecule has 3 aliphatic heterocycles. The molecule has 45 heteroatoms. The van der Waals surface area contributed by atoms with Crippen LogP contribution in [0.5, 0.6) is 0 Å². The highest BCUT2D eigenvalue weighted by atomic mass is 32.2. The molecule has 3 aromatic carbocycles. The Hall–Kier alpha value is -13.2. The van der Waals surface area contributed by atoms with E-state index in [1.807, 2.05) is 26.0 Å². The molecule has 134 heavy (non-hydrogen) atoms. The van der Waals surface area contributed by atoms with Crippen molar-refractivity contribution < 1.29 is 101 Å². The molecule has 0 aliphatic carbocycles. The van der Waals surface area contributed by atoms with Crippen molar-refractivity contribution in [1.82, 2.24) is 93.0 Å². The summed E-state index contributed by atoms with van der Waals surface area (Å²) in [6.07, 6.45) is 2.28. The maximum absolute atomic E-state index is 15.7. The van der Waals surface area contributed by atoms with Gasteiger partial charge in [0.2, 0.25) is 100 Å². The number of primary amides is 2. The Morgan fingerprint density at radius 2 is 1.13 bits per heavy atom. The minimum Gasteiger partial charge on any atom is -0.394 e. The van der Waals surface area contributed by atoms with Crippen LogP contribution in [0.2, 0.25) is 0 Å². The summed E-state index contributed by atoms with van der Waals surface area (Å²) < 4.78 is 29.3. The molecule has 0 bridgehead atoms. The van der Waals surface area contributed by atoms with Gasteiger partial charge in [0, 0.05) is 107 Å². The zero-order valence-corrected chi connectivity index (χ0v) is 77.1. The van der Waals surface area contributed by atoms with E-state index in [1.165, 1.54) is 27.1 Å². The number of halogens is 2. The number of fused-ring (bicyclic) bond motifs is 4. The van der Waals surface area contributed by atoms with Crippen LogP contribution in [0.25, 0.3) is 21.8 Å². The number of nitrogens with two attached hydrogens (primary N) is 4. The van der Waals surface area contributed by atoms with E-state index in [0.717, 1.165) is 60.6 Å². The molecular formula is C89H125F2N23O19S. The Bertz CT molecular complexity index is 5130. The number of guanidine groups is 1. The number of rotatable bonds is 25. The lowest BCUT2D eigenvalue weighted by Crippen LogP contribution is -2.61. The second-order valence-corrected chi connectivity index (χ2v) is 34.9. The third kappa shape index (κ3) is 29.4. The number of nitrogens with one attached hydrogen (secondary N) is 14. The van der Waals surface area contributed by atoms with Gasteiger partial charge in [-0.3, -0.25) is 86.9 Å². The van der Waals surface area contributed by atoms with Crippen LogP contribution in [-0.2, 0) is 101 Å². The highest BCUT2D eigenvalue weighted by molar-refractivity contribution is 8.00. The molecule has 0 saturated carbocycles. The molecule has 3 aliphatic rings. The molecule has 8 rings (SSSR count). The first kappa shape index (κ1) is 106. The van der Waals surface area contributed by atoms with Crippen molar-refractivity contribution in [3.8, 4) is 0 Å². The van der Waals surface area contributed by atoms with Crippen molar-refractivity contribution >= 4 is 140 Å². The van der Waals surface area contributed by atoms with Crippen molar-refractivity contribution in [2.24, 2.45) is 22.9 Å². The van der Waals surface area contributed by atoms with Gasteiger partial charge in [-0.25, -0.2) is 8.78 Å². The summed E-state index contributed by atoms with van der Waals surface area (Å²) in [7, 11) is 3.77. The van der Waals surface area contributed by atoms with Crippen LogP contribution < -0.4 is 81.4 Å². The molecule has 5 aromatic rings. The molecule has 3 fully saturated rings. The largest absolute Gasteiger partial charge is 0.394 e. The molecule has 3 saturated heterocycles. The second kappa shape index (κ2) is 50.6. The number of aryl methyl sites for hydroxylation is 1. The molecule has 2 aromatic heterocycles. The lowest BCUT2D eigenvalue weighted by atomic mass is 10.00. The Morgan fingerprint density at radius 1 is 0.567 bits per heavy atom. The second-order valence-electron chi connectivity index (χ2n) is 33.9. The normalized spacial score (nSPS) is 24.8. The van der Waals surface area contributed by atoms with Crippen molar-refractivity contribution in [1.29, 1.82) is 5.41 Å². The number of thioether (sulfide) groups is 1. The fourth-order valence-electron chi connectivity index (χ4n) is 16.2. The predicted molar refractivity (Wildman–Crippen MR) is 489 cm³/mol. The number of likely N-dealkylation sites (N-methyl/N-ethyl adjacent to an activating group) is 3. The zero-order valence-electron chi connectivity index (χ0n) is 76.3. The number of nitrogens with zero attached hydrogens (tertiary/aromatic N) is 5. The van der Waals surface area contributed by atoms with E-state index in [0.29, 0.717) is 65.0 Å². The number of H-pyrrole nitrogens is 2. The first-order valence-corrected chi connectivity index (χ1v) is 45.7. The number of carbonyl (C=O) groups excluding carboxylic acids is 17. The van der Waals surface area contributed by atoms with E-state index >= 15 is 33.6 Å². The number of allylic oxidation sites excluding steroid dienone is 1. The fourth-order valence-corrected chi connectivity index (χ4v) is 17.0. The van der Waals surface area contributed by atoms with Gasteiger partial charge in [0.15, 0.2) is 17.6 Å². The quantitative estimate of drug-likeness (QED) is 0.0119. The van der Waals surface area contributed by atoms with Gasteiger partial charge in [0.25, 0.3) is 0 Å². The van der Waals surface area contributed by atoms with Gasteiger partial charge in [-0.05, 0) is 113 Å². The molecule has 0 unspecified atom stereocenters. The monoisotopic (exact) mass is 1890 g/mol. The Labute approximate surface area is 777 Å².